The Labute approximate surface area is 259 Å². The van der Waals surface area contributed by atoms with Gasteiger partial charge in [-0.25, -0.2) is 0 Å². The summed E-state index contributed by atoms with van der Waals surface area (Å²) in [6.45, 7) is -3.00. The number of ether oxygens (including phenoxy) is 2. The van der Waals surface area contributed by atoms with Gasteiger partial charge < -0.3 is 35.0 Å². The van der Waals surface area contributed by atoms with E-state index < -0.39 is 61.6 Å². The molecule has 0 aliphatic rings. The first-order chi connectivity index (χ1) is 21.5. The maximum absolute atomic E-state index is 12.1. The molecular weight excluding hydrogens is 594 g/mol. The van der Waals surface area contributed by atoms with E-state index in [1.165, 1.54) is 4.90 Å². The summed E-state index contributed by atoms with van der Waals surface area (Å²) in [7, 11) is 0. The zero-order valence-corrected chi connectivity index (χ0v) is 24.6. The van der Waals surface area contributed by atoms with E-state index in [0.717, 1.165) is 20.9 Å². The molecule has 0 amide bonds. The number of carboxylic acids is 5. The molecule has 0 aliphatic carbocycles. The molecule has 0 radical (unpaired) electrons. The zero-order valence-electron chi connectivity index (χ0n) is 24.6. The van der Waals surface area contributed by atoms with Gasteiger partial charge in [0.15, 0.2) is 0 Å². The monoisotopic (exact) mass is 633 g/mol. The van der Waals surface area contributed by atoms with Gasteiger partial charge in [-0.05, 0) is 11.1 Å². The lowest BCUT2D eigenvalue weighted by atomic mass is 10.2. The summed E-state index contributed by atoms with van der Waals surface area (Å²) in [6, 6.07) is 15.2. The van der Waals surface area contributed by atoms with Crippen LogP contribution in [0.3, 0.4) is 0 Å². The normalized spacial score (nSPS) is 12.7. The molecule has 0 bridgehead atoms. The molecule has 0 unspecified atom stereocenters. The van der Waals surface area contributed by atoms with Crippen LogP contribution in [0.2, 0.25) is 0 Å². The summed E-state index contributed by atoms with van der Waals surface area (Å²) in [5.74, 6) is -6.52. The second-order valence-corrected chi connectivity index (χ2v) is 10.1. The van der Waals surface area contributed by atoms with E-state index in [-0.39, 0.29) is 52.6 Å². The van der Waals surface area contributed by atoms with Crippen molar-refractivity contribution >= 4 is 29.8 Å². The molecule has 0 saturated carbocycles. The highest BCUT2D eigenvalue weighted by atomic mass is 16.5. The Morgan fingerprint density at radius 1 is 0.533 bits per heavy atom. The first-order valence-corrected chi connectivity index (χ1v) is 14.0. The van der Waals surface area contributed by atoms with Gasteiger partial charge in [0, 0.05) is 26.2 Å². The molecule has 0 fully saturated rings. The van der Waals surface area contributed by atoms with Crippen LogP contribution in [0, 0.1) is 0 Å². The Morgan fingerprint density at radius 3 is 1.20 bits per heavy atom. The first-order valence-electron chi connectivity index (χ1n) is 14.0. The number of hydrogen-bond acceptors (Lipinski definition) is 10. The van der Waals surface area contributed by atoms with Crippen LogP contribution in [0.5, 0.6) is 0 Å². The minimum atomic E-state index is -1.36. The van der Waals surface area contributed by atoms with Crippen molar-refractivity contribution in [3.63, 3.8) is 0 Å². The van der Waals surface area contributed by atoms with Gasteiger partial charge in [0.25, 0.3) is 0 Å². The number of carboxylic acid groups (broad SMARTS) is 5. The number of benzene rings is 2. The summed E-state index contributed by atoms with van der Waals surface area (Å²) in [5, 5.41) is 48.0. The lowest BCUT2D eigenvalue weighted by Gasteiger charge is -2.32. The summed E-state index contributed by atoms with van der Waals surface area (Å²) < 4.78 is 11.1. The molecular formula is C30H39N3O12. The van der Waals surface area contributed by atoms with Gasteiger partial charge >= 0.3 is 29.8 Å². The average Bonchev–Trinajstić information content (AvgIpc) is 2.98. The Bertz CT molecular complexity index is 1140. The van der Waals surface area contributed by atoms with E-state index in [1.807, 2.05) is 12.1 Å². The van der Waals surface area contributed by atoms with Crippen molar-refractivity contribution in [3.8, 4) is 0 Å². The quantitative estimate of drug-likeness (QED) is 0.106. The fraction of sp³-hybridized carbons (Fsp3) is 0.433. The average molecular weight is 634 g/mol. The van der Waals surface area contributed by atoms with Crippen LogP contribution >= 0.6 is 0 Å². The van der Waals surface area contributed by atoms with Crippen molar-refractivity contribution in [1.82, 2.24) is 14.7 Å². The molecule has 2 rings (SSSR count). The highest BCUT2D eigenvalue weighted by molar-refractivity contribution is 5.76. The number of carbonyl (C=O) groups is 5. The van der Waals surface area contributed by atoms with E-state index in [4.69, 9.17) is 9.47 Å². The summed E-state index contributed by atoms with van der Waals surface area (Å²) in [4.78, 5) is 62.5. The highest BCUT2D eigenvalue weighted by Gasteiger charge is 2.30. The van der Waals surface area contributed by atoms with Gasteiger partial charge in [-0.3, -0.25) is 38.7 Å². The molecule has 15 nitrogen and oxygen atoms in total. The van der Waals surface area contributed by atoms with Crippen molar-refractivity contribution in [2.75, 3.05) is 59.0 Å². The summed E-state index contributed by atoms with van der Waals surface area (Å²) in [6.07, 6.45) is 0. The van der Waals surface area contributed by atoms with Gasteiger partial charge in [0.2, 0.25) is 0 Å². The lowest BCUT2D eigenvalue weighted by molar-refractivity contribution is -0.150. The van der Waals surface area contributed by atoms with E-state index in [0.29, 0.717) is 0 Å². The molecule has 0 aromatic heterocycles. The minimum absolute atomic E-state index is 0.0931. The lowest BCUT2D eigenvalue weighted by Crippen LogP contribution is -2.52. The molecule has 2 atom stereocenters. The van der Waals surface area contributed by atoms with Gasteiger partial charge in [0.1, 0.15) is 12.1 Å². The molecule has 0 saturated heterocycles. The second-order valence-electron chi connectivity index (χ2n) is 10.1. The van der Waals surface area contributed by atoms with Crippen molar-refractivity contribution in [2.45, 2.75) is 25.3 Å². The van der Waals surface area contributed by atoms with Crippen LogP contribution in [0.25, 0.3) is 0 Å². The largest absolute Gasteiger partial charge is 0.480 e. The third kappa shape index (κ3) is 14.7. The van der Waals surface area contributed by atoms with Crippen molar-refractivity contribution in [2.24, 2.45) is 0 Å². The van der Waals surface area contributed by atoms with Gasteiger partial charge in [-0.2, -0.15) is 0 Å². The topological polar surface area (TPSA) is 215 Å². The van der Waals surface area contributed by atoms with Gasteiger partial charge in [-0.1, -0.05) is 60.7 Å². The maximum Gasteiger partial charge on any atom is 0.323 e. The molecule has 2 aromatic rings. The van der Waals surface area contributed by atoms with Crippen LogP contribution in [0.4, 0.5) is 0 Å². The Balaban J connectivity index is 2.10. The second kappa shape index (κ2) is 19.8. The van der Waals surface area contributed by atoms with Gasteiger partial charge in [-0.15, -0.1) is 0 Å². The smallest absolute Gasteiger partial charge is 0.323 e. The van der Waals surface area contributed by atoms with Crippen molar-refractivity contribution in [3.05, 3.63) is 71.8 Å². The van der Waals surface area contributed by atoms with E-state index in [2.05, 4.69) is 0 Å². The summed E-state index contributed by atoms with van der Waals surface area (Å²) >= 11 is 0. The van der Waals surface area contributed by atoms with Crippen LogP contribution in [-0.2, 0) is 46.7 Å². The number of rotatable bonds is 24. The molecule has 15 heteroatoms. The fourth-order valence-electron chi connectivity index (χ4n) is 4.43. The first kappa shape index (κ1) is 36.8. The number of aliphatic carboxylic acids is 5. The number of nitrogens with zero attached hydrogens (tertiary/aromatic N) is 3. The molecule has 5 N–H and O–H groups in total. The van der Waals surface area contributed by atoms with E-state index in [1.54, 1.807) is 48.5 Å². The fourth-order valence-corrected chi connectivity index (χ4v) is 4.43. The van der Waals surface area contributed by atoms with E-state index >= 15 is 0 Å². The molecule has 246 valence electrons. The predicted molar refractivity (Wildman–Crippen MR) is 158 cm³/mol. The van der Waals surface area contributed by atoms with Crippen LogP contribution in [0.15, 0.2) is 60.7 Å². The third-order valence-corrected chi connectivity index (χ3v) is 6.67. The van der Waals surface area contributed by atoms with Crippen molar-refractivity contribution < 1.29 is 59.0 Å². The van der Waals surface area contributed by atoms with Crippen LogP contribution < -0.4 is 0 Å². The Hall–Kier alpha value is -4.41. The van der Waals surface area contributed by atoms with Crippen LogP contribution in [-0.4, -0.2) is 141 Å². The standard InChI is InChI=1S/C30H39N3O12/c34-26(35)15-31(11-13-32(16-27(36)37)24(29(40)41)20-44-18-22-7-3-1-4-8-22)12-14-33(17-28(38)39)25(30(42)43)21-45-19-23-9-5-2-6-10-23/h1-10,24-25H,11-21H2,(H,34,35)(H,36,37)(H,38,39)(H,40,41)(H,42,43)/t24-,25-/m0/s1. The van der Waals surface area contributed by atoms with Crippen molar-refractivity contribution in [1.29, 1.82) is 0 Å². The minimum Gasteiger partial charge on any atom is -0.480 e. The molecule has 2 aromatic carbocycles. The highest BCUT2D eigenvalue weighted by Crippen LogP contribution is 2.09. The Kier molecular flexibility index (Phi) is 16.2. The zero-order chi connectivity index (χ0) is 33.2. The van der Waals surface area contributed by atoms with Gasteiger partial charge in [0.05, 0.1) is 46.1 Å². The predicted octanol–water partition coefficient (Wildman–Crippen LogP) is 0.486. The molecule has 0 heterocycles. The molecule has 0 spiro atoms. The molecule has 45 heavy (non-hydrogen) atoms. The SMILES string of the molecule is O=C(O)CN(CCN(CC(=O)O)[C@@H](COCc1ccccc1)C(=O)O)CCN(CC(=O)O)[C@@H](COCc1ccccc1)C(=O)O. The maximum atomic E-state index is 12.1. The summed E-state index contributed by atoms with van der Waals surface area (Å²) in [5.41, 5.74) is 1.57. The molecule has 0 aliphatic heterocycles. The van der Waals surface area contributed by atoms with E-state index in [9.17, 15) is 49.5 Å². The Morgan fingerprint density at radius 2 is 0.889 bits per heavy atom. The van der Waals surface area contributed by atoms with Crippen LogP contribution in [0.1, 0.15) is 11.1 Å². The number of hydrogen-bond donors (Lipinski definition) is 5. The third-order valence-electron chi connectivity index (χ3n) is 6.67.